The fourth-order valence-corrected chi connectivity index (χ4v) is 3.65. The number of halogens is 1. The SMILES string of the molecule is CN=C(NCCc1ccc(OC)c(OC)c1)NCCS(=O)(=O)NCc1ccccc1.I. The van der Waals surface area contributed by atoms with Crippen LogP contribution in [0.1, 0.15) is 11.1 Å². The summed E-state index contributed by atoms with van der Waals surface area (Å²) < 4.78 is 37.5. The molecule has 0 aliphatic rings. The van der Waals surface area contributed by atoms with E-state index in [0.29, 0.717) is 24.0 Å². The van der Waals surface area contributed by atoms with E-state index in [1.54, 1.807) is 21.3 Å². The van der Waals surface area contributed by atoms with Crippen molar-refractivity contribution in [3.05, 3.63) is 59.7 Å². The Bertz CT molecular complexity index is 924. The lowest BCUT2D eigenvalue weighted by Gasteiger charge is -2.13. The number of methoxy groups -OCH3 is 2. The molecule has 2 rings (SSSR count). The van der Waals surface area contributed by atoms with Crippen LogP contribution in [0.15, 0.2) is 53.5 Å². The van der Waals surface area contributed by atoms with Crippen molar-refractivity contribution in [2.75, 3.05) is 40.1 Å². The summed E-state index contributed by atoms with van der Waals surface area (Å²) in [5, 5.41) is 6.21. The van der Waals surface area contributed by atoms with Gasteiger partial charge in [-0.1, -0.05) is 36.4 Å². The third kappa shape index (κ3) is 9.74. The first-order valence-corrected chi connectivity index (χ1v) is 11.3. The standard InChI is InChI=1S/C21H30N4O4S.HI/c1-22-21(23-12-11-17-9-10-19(28-2)20(15-17)29-3)24-13-14-30(26,27)25-16-18-7-5-4-6-8-18;/h4-10,15,25H,11-14,16H2,1-3H3,(H2,22,23,24);1H. The highest BCUT2D eigenvalue weighted by molar-refractivity contribution is 14.0. The van der Waals surface area contributed by atoms with Crippen LogP contribution in [-0.4, -0.2) is 54.5 Å². The van der Waals surface area contributed by atoms with Gasteiger partial charge in [0.25, 0.3) is 0 Å². The minimum atomic E-state index is -3.38. The molecular formula is C21H31IN4O4S. The average Bonchev–Trinajstić information content (AvgIpc) is 2.77. The second-order valence-electron chi connectivity index (χ2n) is 6.49. The zero-order valence-corrected chi connectivity index (χ0v) is 21.2. The maximum Gasteiger partial charge on any atom is 0.213 e. The number of ether oxygens (including phenoxy) is 2. The molecule has 10 heteroatoms. The molecule has 8 nitrogen and oxygen atoms in total. The molecule has 0 saturated heterocycles. The maximum atomic E-state index is 12.2. The van der Waals surface area contributed by atoms with Crippen molar-refractivity contribution >= 4 is 40.0 Å². The Labute approximate surface area is 201 Å². The Morgan fingerprint density at radius 3 is 2.26 bits per heavy atom. The number of nitrogens with one attached hydrogen (secondary N) is 3. The van der Waals surface area contributed by atoms with E-state index in [1.165, 1.54) is 0 Å². The molecule has 0 saturated carbocycles. The van der Waals surface area contributed by atoms with Gasteiger partial charge in [-0.3, -0.25) is 4.99 Å². The van der Waals surface area contributed by atoms with Gasteiger partial charge in [0.05, 0.1) is 20.0 Å². The number of hydrogen-bond donors (Lipinski definition) is 3. The number of aliphatic imine (C=N–C) groups is 1. The van der Waals surface area contributed by atoms with Gasteiger partial charge in [0.1, 0.15) is 0 Å². The van der Waals surface area contributed by atoms with Gasteiger partial charge < -0.3 is 20.1 Å². The predicted octanol–water partition coefficient (Wildman–Crippen LogP) is 2.15. The molecule has 0 fully saturated rings. The van der Waals surface area contributed by atoms with Gasteiger partial charge >= 0.3 is 0 Å². The minimum absolute atomic E-state index is 0. The van der Waals surface area contributed by atoms with Gasteiger partial charge in [-0.25, -0.2) is 13.1 Å². The van der Waals surface area contributed by atoms with Gasteiger partial charge in [0, 0.05) is 26.7 Å². The monoisotopic (exact) mass is 562 g/mol. The molecule has 0 aliphatic heterocycles. The second kappa shape index (κ2) is 14.1. The summed E-state index contributed by atoms with van der Waals surface area (Å²) in [5.41, 5.74) is 2.00. The molecule has 2 aromatic rings. The molecule has 0 amide bonds. The molecule has 0 unspecified atom stereocenters. The van der Waals surface area contributed by atoms with E-state index in [0.717, 1.165) is 17.5 Å². The molecule has 0 radical (unpaired) electrons. The van der Waals surface area contributed by atoms with Crippen molar-refractivity contribution in [1.82, 2.24) is 15.4 Å². The first-order chi connectivity index (χ1) is 14.5. The third-order valence-corrected chi connectivity index (χ3v) is 5.71. The molecule has 0 bridgehead atoms. The molecule has 2 aromatic carbocycles. The molecule has 0 aliphatic carbocycles. The maximum absolute atomic E-state index is 12.2. The quantitative estimate of drug-likeness (QED) is 0.221. The highest BCUT2D eigenvalue weighted by atomic mass is 127. The normalized spacial score (nSPS) is 11.4. The van der Waals surface area contributed by atoms with Crippen LogP contribution in [-0.2, 0) is 23.0 Å². The molecule has 0 heterocycles. The van der Waals surface area contributed by atoms with Crippen molar-refractivity contribution in [3.63, 3.8) is 0 Å². The van der Waals surface area contributed by atoms with E-state index in [2.05, 4.69) is 20.3 Å². The van der Waals surface area contributed by atoms with Crippen molar-refractivity contribution in [1.29, 1.82) is 0 Å². The van der Waals surface area contributed by atoms with Crippen LogP contribution < -0.4 is 24.8 Å². The number of guanidine groups is 1. The summed E-state index contributed by atoms with van der Waals surface area (Å²) in [5.74, 6) is 1.88. The first-order valence-electron chi connectivity index (χ1n) is 9.64. The van der Waals surface area contributed by atoms with Gasteiger partial charge in [0.2, 0.25) is 10.0 Å². The number of nitrogens with zero attached hydrogens (tertiary/aromatic N) is 1. The molecule has 3 N–H and O–H groups in total. The van der Waals surface area contributed by atoms with Gasteiger partial charge in [0.15, 0.2) is 17.5 Å². The first kappa shape index (κ1) is 27.0. The smallest absolute Gasteiger partial charge is 0.213 e. The zero-order valence-electron chi connectivity index (χ0n) is 18.1. The number of benzene rings is 2. The van der Waals surface area contributed by atoms with Gasteiger partial charge in [-0.15, -0.1) is 24.0 Å². The summed E-state index contributed by atoms with van der Waals surface area (Å²) in [6.45, 7) is 1.16. The lowest BCUT2D eigenvalue weighted by molar-refractivity contribution is 0.354. The molecule has 31 heavy (non-hydrogen) atoms. The lowest BCUT2D eigenvalue weighted by atomic mass is 10.1. The van der Waals surface area contributed by atoms with Gasteiger partial charge in [-0.2, -0.15) is 0 Å². The molecule has 0 aromatic heterocycles. The summed E-state index contributed by atoms with van der Waals surface area (Å²) in [6, 6.07) is 15.2. The van der Waals surface area contributed by atoms with Crippen molar-refractivity contribution in [3.8, 4) is 11.5 Å². The zero-order chi connectivity index (χ0) is 21.8. The fourth-order valence-electron chi connectivity index (χ4n) is 2.75. The fraction of sp³-hybridized carbons (Fsp3) is 0.381. The van der Waals surface area contributed by atoms with E-state index in [9.17, 15) is 8.42 Å². The van der Waals surface area contributed by atoms with Crippen molar-refractivity contribution < 1.29 is 17.9 Å². The molecule has 0 atom stereocenters. The van der Waals surface area contributed by atoms with Crippen LogP contribution in [0.4, 0.5) is 0 Å². The summed E-state index contributed by atoms with van der Waals surface area (Å²) >= 11 is 0. The second-order valence-corrected chi connectivity index (χ2v) is 8.42. The van der Waals surface area contributed by atoms with Crippen LogP contribution in [0.5, 0.6) is 11.5 Å². The lowest BCUT2D eigenvalue weighted by Crippen LogP contribution is -2.41. The van der Waals surface area contributed by atoms with E-state index in [1.807, 2.05) is 48.5 Å². The van der Waals surface area contributed by atoms with Crippen LogP contribution >= 0.6 is 24.0 Å². The van der Waals surface area contributed by atoms with E-state index in [-0.39, 0.29) is 42.8 Å². The van der Waals surface area contributed by atoms with Gasteiger partial charge in [-0.05, 0) is 29.7 Å². The summed E-state index contributed by atoms with van der Waals surface area (Å²) in [6.07, 6.45) is 0.748. The van der Waals surface area contributed by atoms with Crippen LogP contribution in [0, 0.1) is 0 Å². The molecule has 172 valence electrons. The average molecular weight is 562 g/mol. The number of sulfonamides is 1. The highest BCUT2D eigenvalue weighted by Gasteiger charge is 2.10. The Kier molecular flexibility index (Phi) is 12.3. The van der Waals surface area contributed by atoms with E-state index < -0.39 is 10.0 Å². The van der Waals surface area contributed by atoms with Crippen molar-refractivity contribution in [2.24, 2.45) is 4.99 Å². The predicted molar refractivity (Wildman–Crippen MR) is 135 cm³/mol. The Hall–Kier alpha value is -2.05. The largest absolute Gasteiger partial charge is 0.493 e. The topological polar surface area (TPSA) is 101 Å². The highest BCUT2D eigenvalue weighted by Crippen LogP contribution is 2.27. The minimum Gasteiger partial charge on any atom is -0.493 e. The molecule has 0 spiro atoms. The van der Waals surface area contributed by atoms with Crippen molar-refractivity contribution in [2.45, 2.75) is 13.0 Å². The Morgan fingerprint density at radius 2 is 1.61 bits per heavy atom. The van der Waals surface area contributed by atoms with E-state index in [4.69, 9.17) is 9.47 Å². The van der Waals surface area contributed by atoms with Crippen LogP contribution in [0.25, 0.3) is 0 Å². The molecular weight excluding hydrogens is 531 g/mol. The van der Waals surface area contributed by atoms with Crippen LogP contribution in [0.2, 0.25) is 0 Å². The Morgan fingerprint density at radius 1 is 0.935 bits per heavy atom. The van der Waals surface area contributed by atoms with Crippen LogP contribution in [0.3, 0.4) is 0 Å². The summed E-state index contributed by atoms with van der Waals surface area (Å²) in [4.78, 5) is 4.13. The summed E-state index contributed by atoms with van der Waals surface area (Å²) in [7, 11) is 1.47. The third-order valence-electron chi connectivity index (χ3n) is 4.38. The number of rotatable bonds is 11. The van der Waals surface area contributed by atoms with E-state index >= 15 is 0 Å². The number of hydrogen-bond acceptors (Lipinski definition) is 5. The Balaban J connectivity index is 0.00000480.